The molecule has 2 aromatic heterocycles. The molecule has 0 aliphatic heterocycles. The quantitative estimate of drug-likeness (QED) is 0.802. The van der Waals surface area contributed by atoms with E-state index < -0.39 is 12.0 Å². The maximum atomic E-state index is 12.5. The number of H-pyrrole nitrogens is 1. The highest BCUT2D eigenvalue weighted by Crippen LogP contribution is 2.35. The number of alkyl halides is 3. The molecule has 1 aliphatic rings. The normalized spacial score (nSPS) is 16.6. The molecule has 2 aromatic rings. The van der Waals surface area contributed by atoms with Gasteiger partial charge in [0.05, 0.1) is 11.4 Å². The second kappa shape index (κ2) is 3.28. The molecule has 17 heavy (non-hydrogen) atoms. The molecule has 1 N–H and O–H groups in total. The smallest absolute Gasteiger partial charge is 0.319 e. The first-order valence-electron chi connectivity index (χ1n) is 5.01. The highest BCUT2D eigenvalue weighted by atomic mass is 32.1. The van der Waals surface area contributed by atoms with Crippen LogP contribution in [0.3, 0.4) is 0 Å². The Morgan fingerprint density at radius 1 is 1.41 bits per heavy atom. The first-order valence-corrected chi connectivity index (χ1v) is 5.42. The van der Waals surface area contributed by atoms with Crippen LogP contribution < -0.4 is 0 Å². The minimum atomic E-state index is -4.54. The maximum Gasteiger partial charge on any atom is 0.449 e. The van der Waals surface area contributed by atoms with Gasteiger partial charge in [-0.3, -0.25) is 4.68 Å². The zero-order chi connectivity index (χ0) is 12.2. The third-order valence-electron chi connectivity index (χ3n) is 2.60. The Balaban J connectivity index is 2.21. The van der Waals surface area contributed by atoms with E-state index in [-0.39, 0.29) is 10.3 Å². The summed E-state index contributed by atoms with van der Waals surface area (Å²) in [7, 11) is 0. The number of aromatic amines is 1. The topological polar surface area (TPSA) is 46.5 Å². The van der Waals surface area contributed by atoms with Gasteiger partial charge in [-0.15, -0.1) is 0 Å². The summed E-state index contributed by atoms with van der Waals surface area (Å²) in [6.45, 7) is 0. The first kappa shape index (κ1) is 10.7. The lowest BCUT2D eigenvalue weighted by molar-refractivity contribution is -0.144. The van der Waals surface area contributed by atoms with Gasteiger partial charge in [0.2, 0.25) is 5.82 Å². The van der Waals surface area contributed by atoms with Gasteiger partial charge >= 0.3 is 6.18 Å². The van der Waals surface area contributed by atoms with Crippen molar-refractivity contribution in [2.45, 2.75) is 25.1 Å². The van der Waals surface area contributed by atoms with E-state index in [4.69, 9.17) is 12.2 Å². The van der Waals surface area contributed by atoms with Crippen LogP contribution in [-0.4, -0.2) is 19.7 Å². The van der Waals surface area contributed by atoms with Crippen molar-refractivity contribution < 1.29 is 13.2 Å². The molecule has 90 valence electrons. The Kier molecular flexibility index (Phi) is 2.07. The lowest BCUT2D eigenvalue weighted by atomic mass is 10.4. The van der Waals surface area contributed by atoms with Crippen LogP contribution in [0, 0.1) is 4.64 Å². The van der Waals surface area contributed by atoms with Crippen LogP contribution in [-0.2, 0) is 6.18 Å². The van der Waals surface area contributed by atoms with Crippen LogP contribution >= 0.6 is 12.2 Å². The molecule has 0 unspecified atom stereocenters. The van der Waals surface area contributed by atoms with Crippen molar-refractivity contribution in [2.24, 2.45) is 0 Å². The minimum Gasteiger partial charge on any atom is -0.319 e. The van der Waals surface area contributed by atoms with Gasteiger partial charge < -0.3 is 4.98 Å². The summed E-state index contributed by atoms with van der Waals surface area (Å²) in [6, 6.07) is 0.291. The summed E-state index contributed by atoms with van der Waals surface area (Å²) in [6.07, 6.45) is -0.884. The van der Waals surface area contributed by atoms with Crippen LogP contribution in [0.15, 0.2) is 6.20 Å². The number of hydrogen-bond donors (Lipinski definition) is 1. The predicted molar refractivity (Wildman–Crippen MR) is 56.0 cm³/mol. The number of aromatic nitrogens is 4. The van der Waals surface area contributed by atoms with Crippen molar-refractivity contribution in [1.82, 2.24) is 19.7 Å². The molecule has 2 heterocycles. The molecule has 0 atom stereocenters. The zero-order valence-electron chi connectivity index (χ0n) is 8.45. The molecule has 4 nitrogen and oxygen atoms in total. The van der Waals surface area contributed by atoms with Gasteiger partial charge in [-0.1, -0.05) is 12.2 Å². The molecule has 0 saturated heterocycles. The van der Waals surface area contributed by atoms with E-state index in [2.05, 4.69) is 15.1 Å². The summed E-state index contributed by atoms with van der Waals surface area (Å²) < 4.78 is 39.1. The van der Waals surface area contributed by atoms with Crippen molar-refractivity contribution in [1.29, 1.82) is 0 Å². The van der Waals surface area contributed by atoms with Gasteiger partial charge in [-0.25, -0.2) is 4.98 Å². The number of rotatable bonds is 1. The number of nitrogens with zero attached hydrogens (tertiary/aromatic N) is 3. The van der Waals surface area contributed by atoms with Crippen LogP contribution in [0.2, 0.25) is 0 Å². The Bertz CT molecular complexity index is 638. The third kappa shape index (κ3) is 1.82. The third-order valence-corrected chi connectivity index (χ3v) is 2.91. The summed E-state index contributed by atoms with van der Waals surface area (Å²) in [5.41, 5.74) is 0.143. The van der Waals surface area contributed by atoms with Crippen LogP contribution in [0.4, 0.5) is 13.2 Å². The van der Waals surface area contributed by atoms with E-state index in [1.54, 1.807) is 10.9 Å². The van der Waals surface area contributed by atoms with E-state index in [1.807, 2.05) is 0 Å². The molecule has 1 fully saturated rings. The highest BCUT2D eigenvalue weighted by molar-refractivity contribution is 7.71. The Hall–Kier alpha value is -1.44. The molecule has 0 spiro atoms. The fourth-order valence-corrected chi connectivity index (χ4v) is 1.84. The largest absolute Gasteiger partial charge is 0.449 e. The number of hydrogen-bond acceptors (Lipinski definition) is 3. The molecule has 8 heteroatoms. The Morgan fingerprint density at radius 3 is 2.71 bits per heavy atom. The molecule has 0 amide bonds. The number of halogens is 3. The predicted octanol–water partition coefficient (Wildman–Crippen LogP) is 2.84. The van der Waals surface area contributed by atoms with E-state index in [0.29, 0.717) is 11.4 Å². The molecule has 0 radical (unpaired) electrons. The molecule has 0 aromatic carbocycles. The SMILES string of the molecule is FC(F)(F)c1nc(=S)c2cn(C3CC3)nc2[nH]1. The van der Waals surface area contributed by atoms with E-state index in [1.165, 1.54) is 0 Å². The minimum absolute atomic E-state index is 0.0713. The Labute approximate surface area is 98.5 Å². The van der Waals surface area contributed by atoms with Gasteiger partial charge in [0.25, 0.3) is 0 Å². The monoisotopic (exact) mass is 260 g/mol. The van der Waals surface area contributed by atoms with E-state index in [0.717, 1.165) is 12.8 Å². The van der Waals surface area contributed by atoms with Crippen molar-refractivity contribution in [2.75, 3.05) is 0 Å². The van der Waals surface area contributed by atoms with Gasteiger partial charge in [0.15, 0.2) is 5.65 Å². The standard InChI is InChI=1S/C9H7F3N4S/c10-9(11,12)8-13-6-5(7(17)14-8)3-16(15-6)4-1-2-4/h3-4H,1-2H2,(H,13,14,15,17). The fraction of sp³-hybridized carbons (Fsp3) is 0.444. The van der Waals surface area contributed by atoms with Crippen LogP contribution in [0.1, 0.15) is 24.7 Å². The molecule has 3 rings (SSSR count). The van der Waals surface area contributed by atoms with Crippen molar-refractivity contribution in [3.63, 3.8) is 0 Å². The average molecular weight is 260 g/mol. The lowest BCUT2D eigenvalue weighted by Gasteiger charge is -2.04. The molecule has 0 bridgehead atoms. The lowest BCUT2D eigenvalue weighted by Crippen LogP contribution is -2.11. The second-order valence-electron chi connectivity index (χ2n) is 3.99. The van der Waals surface area contributed by atoms with Crippen molar-refractivity contribution >= 4 is 23.3 Å². The maximum absolute atomic E-state index is 12.5. The second-order valence-corrected chi connectivity index (χ2v) is 4.38. The fourth-order valence-electron chi connectivity index (χ4n) is 1.60. The summed E-state index contributed by atoms with van der Waals surface area (Å²) in [5.74, 6) is -1.10. The molecular formula is C9H7F3N4S. The van der Waals surface area contributed by atoms with E-state index >= 15 is 0 Å². The van der Waals surface area contributed by atoms with Gasteiger partial charge in [0.1, 0.15) is 4.64 Å². The molecular weight excluding hydrogens is 253 g/mol. The van der Waals surface area contributed by atoms with Crippen molar-refractivity contribution in [3.05, 3.63) is 16.7 Å². The molecule has 1 aliphatic carbocycles. The summed E-state index contributed by atoms with van der Waals surface area (Å²) >= 11 is 4.85. The van der Waals surface area contributed by atoms with Crippen LogP contribution in [0.5, 0.6) is 0 Å². The highest BCUT2D eigenvalue weighted by Gasteiger charge is 2.34. The van der Waals surface area contributed by atoms with Gasteiger partial charge in [-0.2, -0.15) is 18.3 Å². The van der Waals surface area contributed by atoms with E-state index in [9.17, 15) is 13.2 Å². The number of fused-ring (bicyclic) bond motifs is 1. The first-order chi connectivity index (χ1) is 7.95. The molecule has 1 saturated carbocycles. The van der Waals surface area contributed by atoms with Crippen molar-refractivity contribution in [3.8, 4) is 0 Å². The average Bonchev–Trinajstić information content (AvgIpc) is 2.97. The summed E-state index contributed by atoms with van der Waals surface area (Å²) in [4.78, 5) is 5.52. The summed E-state index contributed by atoms with van der Waals surface area (Å²) in [5, 5.41) is 4.52. The van der Waals surface area contributed by atoms with Gasteiger partial charge in [-0.05, 0) is 12.8 Å². The van der Waals surface area contributed by atoms with Crippen LogP contribution in [0.25, 0.3) is 11.0 Å². The number of nitrogens with one attached hydrogen (secondary N) is 1. The zero-order valence-corrected chi connectivity index (χ0v) is 9.27. The Morgan fingerprint density at radius 2 is 2.12 bits per heavy atom. The van der Waals surface area contributed by atoms with Gasteiger partial charge in [0, 0.05) is 6.20 Å².